The molecule has 6 heteroatoms. The number of hydrogen-bond donors (Lipinski definition) is 1. The number of carbonyl (C=O) groups excluding carboxylic acids is 3. The van der Waals surface area contributed by atoms with E-state index in [-0.39, 0.29) is 24.3 Å². The minimum absolute atomic E-state index is 0.115. The van der Waals surface area contributed by atoms with Crippen LogP contribution in [0.1, 0.15) is 48.2 Å². The van der Waals surface area contributed by atoms with Gasteiger partial charge in [0.15, 0.2) is 0 Å². The summed E-state index contributed by atoms with van der Waals surface area (Å²) in [6.45, 7) is 6.65. The first-order valence-corrected chi connectivity index (χ1v) is 11.9. The van der Waals surface area contributed by atoms with Gasteiger partial charge in [0.05, 0.1) is 5.69 Å². The summed E-state index contributed by atoms with van der Waals surface area (Å²) < 4.78 is 0. The Morgan fingerprint density at radius 1 is 1.03 bits per heavy atom. The van der Waals surface area contributed by atoms with E-state index in [1.165, 1.54) is 0 Å². The third kappa shape index (κ3) is 4.53. The predicted octanol–water partition coefficient (Wildman–Crippen LogP) is 4.44. The molecule has 3 amide bonds. The quantitative estimate of drug-likeness (QED) is 0.516. The van der Waals surface area contributed by atoms with Gasteiger partial charge in [-0.2, -0.15) is 0 Å². The van der Waals surface area contributed by atoms with E-state index in [4.69, 9.17) is 0 Å². The standard InChI is InChI=1S/C28H31N3O3/c1-4-15-29-27(33)23(5-2)30(17-20-10-6-9-19(3)16-20)25(32)18-31-24-14-8-12-21-11-7-13-22(26(21)24)28(31)34/h6-14,16,23H,4-5,15,17-18H2,1-3H3,(H,29,33)/t23-/m1/s1. The average Bonchev–Trinajstić information content (AvgIpc) is 3.10. The lowest BCUT2D eigenvalue weighted by Crippen LogP contribution is -2.52. The second-order valence-electron chi connectivity index (χ2n) is 8.80. The molecule has 0 unspecified atom stereocenters. The first-order chi connectivity index (χ1) is 16.4. The molecule has 0 fully saturated rings. The van der Waals surface area contributed by atoms with E-state index in [0.717, 1.165) is 34.0 Å². The smallest absolute Gasteiger partial charge is 0.259 e. The number of nitrogens with one attached hydrogen (secondary N) is 1. The molecule has 4 rings (SSSR count). The van der Waals surface area contributed by atoms with Crippen molar-refractivity contribution in [2.45, 2.75) is 46.2 Å². The van der Waals surface area contributed by atoms with E-state index in [9.17, 15) is 14.4 Å². The van der Waals surface area contributed by atoms with Gasteiger partial charge in [-0.1, -0.05) is 67.9 Å². The lowest BCUT2D eigenvalue weighted by Gasteiger charge is -2.32. The highest BCUT2D eigenvalue weighted by molar-refractivity contribution is 6.26. The van der Waals surface area contributed by atoms with Gasteiger partial charge in [-0.15, -0.1) is 0 Å². The van der Waals surface area contributed by atoms with Gasteiger partial charge in [-0.25, -0.2) is 0 Å². The molecule has 0 saturated heterocycles. The van der Waals surface area contributed by atoms with Crippen LogP contribution in [0.4, 0.5) is 5.69 Å². The highest BCUT2D eigenvalue weighted by atomic mass is 16.2. The highest BCUT2D eigenvalue weighted by Gasteiger charge is 2.35. The van der Waals surface area contributed by atoms with Crippen molar-refractivity contribution in [1.82, 2.24) is 10.2 Å². The van der Waals surface area contributed by atoms with Gasteiger partial charge in [-0.3, -0.25) is 19.3 Å². The van der Waals surface area contributed by atoms with Crippen LogP contribution < -0.4 is 10.2 Å². The van der Waals surface area contributed by atoms with E-state index in [1.807, 2.05) is 75.4 Å². The van der Waals surface area contributed by atoms with Crippen LogP contribution in [0.2, 0.25) is 0 Å². The summed E-state index contributed by atoms with van der Waals surface area (Å²) in [5, 5.41) is 4.78. The van der Waals surface area contributed by atoms with Crippen LogP contribution in [0.3, 0.4) is 0 Å². The molecule has 3 aromatic carbocycles. The molecule has 1 aliphatic heterocycles. The van der Waals surface area contributed by atoms with Crippen molar-refractivity contribution in [3.63, 3.8) is 0 Å². The summed E-state index contributed by atoms with van der Waals surface area (Å²) in [5.74, 6) is -0.596. The van der Waals surface area contributed by atoms with Crippen molar-refractivity contribution in [1.29, 1.82) is 0 Å². The van der Waals surface area contributed by atoms with E-state index in [2.05, 4.69) is 5.32 Å². The fraction of sp³-hybridized carbons (Fsp3) is 0.321. The molecule has 1 heterocycles. The predicted molar refractivity (Wildman–Crippen MR) is 135 cm³/mol. The second-order valence-corrected chi connectivity index (χ2v) is 8.80. The lowest BCUT2D eigenvalue weighted by molar-refractivity contribution is -0.140. The van der Waals surface area contributed by atoms with Crippen molar-refractivity contribution in [3.05, 3.63) is 77.4 Å². The summed E-state index contributed by atoms with van der Waals surface area (Å²) >= 11 is 0. The molecule has 0 saturated carbocycles. The number of anilines is 1. The van der Waals surface area contributed by atoms with E-state index >= 15 is 0 Å². The van der Waals surface area contributed by atoms with Gasteiger partial charge in [0.1, 0.15) is 12.6 Å². The summed E-state index contributed by atoms with van der Waals surface area (Å²) in [6.07, 6.45) is 1.30. The zero-order valence-electron chi connectivity index (χ0n) is 20.0. The first kappa shape index (κ1) is 23.5. The molecule has 0 radical (unpaired) electrons. The van der Waals surface area contributed by atoms with Crippen LogP contribution >= 0.6 is 0 Å². The van der Waals surface area contributed by atoms with Crippen LogP contribution in [0.25, 0.3) is 10.8 Å². The molecule has 0 spiro atoms. The van der Waals surface area contributed by atoms with Gasteiger partial charge in [-0.05, 0) is 42.8 Å². The van der Waals surface area contributed by atoms with Gasteiger partial charge in [0.2, 0.25) is 11.8 Å². The van der Waals surface area contributed by atoms with Gasteiger partial charge in [0.25, 0.3) is 5.91 Å². The highest BCUT2D eigenvalue weighted by Crippen LogP contribution is 2.37. The van der Waals surface area contributed by atoms with Gasteiger partial charge < -0.3 is 10.2 Å². The summed E-state index contributed by atoms with van der Waals surface area (Å²) in [6, 6.07) is 18.7. The zero-order chi connectivity index (χ0) is 24.2. The number of hydrogen-bond acceptors (Lipinski definition) is 3. The van der Waals surface area contributed by atoms with Gasteiger partial charge in [0, 0.05) is 24.0 Å². The van der Waals surface area contributed by atoms with Crippen molar-refractivity contribution in [3.8, 4) is 0 Å². The van der Waals surface area contributed by atoms with Crippen LogP contribution in [-0.2, 0) is 16.1 Å². The van der Waals surface area contributed by atoms with Crippen molar-refractivity contribution in [2.24, 2.45) is 0 Å². The monoisotopic (exact) mass is 457 g/mol. The maximum Gasteiger partial charge on any atom is 0.259 e. The Labute approximate surface area is 200 Å². The first-order valence-electron chi connectivity index (χ1n) is 11.9. The fourth-order valence-electron chi connectivity index (χ4n) is 4.65. The number of nitrogens with zero attached hydrogens (tertiary/aromatic N) is 2. The van der Waals surface area contributed by atoms with Crippen molar-refractivity contribution >= 4 is 34.2 Å². The SMILES string of the molecule is CCCNC(=O)[C@@H](CC)N(Cc1cccc(C)c1)C(=O)CN1C(=O)c2cccc3cccc1c23. The van der Waals surface area contributed by atoms with Crippen LogP contribution in [0, 0.1) is 6.92 Å². The van der Waals surface area contributed by atoms with Crippen molar-refractivity contribution < 1.29 is 14.4 Å². The maximum atomic E-state index is 13.7. The maximum absolute atomic E-state index is 13.7. The minimum Gasteiger partial charge on any atom is -0.354 e. The topological polar surface area (TPSA) is 69.7 Å². The largest absolute Gasteiger partial charge is 0.354 e. The Kier molecular flexibility index (Phi) is 6.96. The van der Waals surface area contributed by atoms with Crippen LogP contribution in [0.5, 0.6) is 0 Å². The average molecular weight is 458 g/mol. The molecule has 34 heavy (non-hydrogen) atoms. The Hall–Kier alpha value is -3.67. The fourth-order valence-corrected chi connectivity index (χ4v) is 4.65. The van der Waals surface area contributed by atoms with E-state index in [0.29, 0.717) is 25.1 Å². The Morgan fingerprint density at radius 2 is 1.76 bits per heavy atom. The molecular weight excluding hydrogens is 426 g/mol. The third-order valence-electron chi connectivity index (χ3n) is 6.31. The Morgan fingerprint density at radius 3 is 2.47 bits per heavy atom. The summed E-state index contributed by atoms with van der Waals surface area (Å²) in [4.78, 5) is 43.1. The van der Waals surface area contributed by atoms with E-state index < -0.39 is 6.04 Å². The molecule has 0 aromatic heterocycles. The number of rotatable bonds is 9. The van der Waals surface area contributed by atoms with Crippen LogP contribution in [-0.4, -0.2) is 41.8 Å². The molecule has 3 aromatic rings. The molecule has 1 N–H and O–H groups in total. The third-order valence-corrected chi connectivity index (χ3v) is 6.31. The summed E-state index contributed by atoms with van der Waals surface area (Å²) in [7, 11) is 0. The molecule has 0 bridgehead atoms. The number of carbonyl (C=O) groups is 3. The Balaban J connectivity index is 1.64. The molecule has 1 atom stereocenters. The second kappa shape index (κ2) is 10.1. The molecule has 6 nitrogen and oxygen atoms in total. The lowest BCUT2D eigenvalue weighted by atomic mass is 10.1. The number of benzene rings is 3. The molecule has 1 aliphatic rings. The zero-order valence-corrected chi connectivity index (χ0v) is 20.0. The van der Waals surface area contributed by atoms with Crippen LogP contribution in [0.15, 0.2) is 60.7 Å². The molecular formula is C28H31N3O3. The number of aryl methyl sites for hydroxylation is 1. The Bertz CT molecular complexity index is 1230. The minimum atomic E-state index is -0.615. The van der Waals surface area contributed by atoms with Crippen molar-refractivity contribution in [2.75, 3.05) is 18.0 Å². The normalized spacial score (nSPS) is 13.3. The molecule has 176 valence electrons. The summed E-state index contributed by atoms with van der Waals surface area (Å²) in [5.41, 5.74) is 3.39. The van der Waals surface area contributed by atoms with Gasteiger partial charge >= 0.3 is 0 Å². The number of amides is 3. The molecule has 0 aliphatic carbocycles. The van der Waals surface area contributed by atoms with E-state index in [1.54, 1.807) is 15.9 Å².